The van der Waals surface area contributed by atoms with Crippen molar-refractivity contribution in [2.24, 2.45) is 0 Å². The van der Waals surface area contributed by atoms with E-state index in [1.807, 2.05) is 6.07 Å². The molecule has 34 heavy (non-hydrogen) atoms. The Labute approximate surface area is 199 Å². The summed E-state index contributed by atoms with van der Waals surface area (Å²) in [4.78, 5) is 23.8. The lowest BCUT2D eigenvalue weighted by Crippen LogP contribution is -2.43. The van der Waals surface area contributed by atoms with Gasteiger partial charge in [-0.05, 0) is 18.2 Å². The molecular weight excluding hydrogens is 456 g/mol. The number of hydrogen-bond donors (Lipinski definition) is 3. The first-order valence-electron chi connectivity index (χ1n) is 10.7. The SMILES string of the molecule is COc1cc2cn(-c3nc(C(=O)Nc4cnccc4N4CCNCC4)cs3)c(O)c2cc1OC. The van der Waals surface area contributed by atoms with Gasteiger partial charge in [-0.15, -0.1) is 11.3 Å². The summed E-state index contributed by atoms with van der Waals surface area (Å²) in [5.41, 5.74) is 1.82. The number of aromatic nitrogens is 3. The molecule has 5 rings (SSSR count). The summed E-state index contributed by atoms with van der Waals surface area (Å²) in [6.07, 6.45) is 5.11. The highest BCUT2D eigenvalue weighted by Crippen LogP contribution is 2.38. The van der Waals surface area contributed by atoms with Crippen LogP contribution in [0.3, 0.4) is 0 Å². The number of piperazine rings is 1. The zero-order valence-corrected chi connectivity index (χ0v) is 19.6. The minimum Gasteiger partial charge on any atom is -0.494 e. The summed E-state index contributed by atoms with van der Waals surface area (Å²) in [5, 5.41) is 20.5. The molecule has 10 nitrogen and oxygen atoms in total. The quantitative estimate of drug-likeness (QED) is 0.386. The molecule has 0 unspecified atom stereocenters. The van der Waals surface area contributed by atoms with E-state index in [9.17, 15) is 9.90 Å². The third-order valence-electron chi connectivity index (χ3n) is 5.73. The van der Waals surface area contributed by atoms with E-state index < -0.39 is 0 Å². The van der Waals surface area contributed by atoms with E-state index in [0.29, 0.717) is 27.7 Å². The van der Waals surface area contributed by atoms with Crippen LogP contribution < -0.4 is 25.0 Å². The van der Waals surface area contributed by atoms with Crippen molar-refractivity contribution in [1.82, 2.24) is 19.9 Å². The number of rotatable bonds is 6. The van der Waals surface area contributed by atoms with Crippen LogP contribution in [0.15, 0.2) is 42.2 Å². The highest BCUT2D eigenvalue weighted by Gasteiger charge is 2.20. The zero-order chi connectivity index (χ0) is 23.7. The normalized spacial score (nSPS) is 13.8. The Morgan fingerprint density at radius 2 is 1.97 bits per heavy atom. The second kappa shape index (κ2) is 9.20. The standard InChI is InChI=1S/C23H24N6O4S/c1-32-19-9-14-12-29(22(31)15(14)10-20(19)33-2)23-27-17(13-34-23)21(30)26-16-11-25-4-3-18(16)28-7-5-24-6-8-28/h3-4,9-13,24,31H,5-8H2,1-2H3,(H,26,30). The van der Waals surface area contributed by atoms with Gasteiger partial charge in [0.1, 0.15) is 5.69 Å². The molecule has 3 aromatic heterocycles. The lowest BCUT2D eigenvalue weighted by molar-refractivity contribution is 0.102. The monoisotopic (exact) mass is 480 g/mol. The van der Waals surface area contributed by atoms with E-state index in [1.54, 1.807) is 54.9 Å². The molecule has 4 aromatic rings. The fourth-order valence-corrected chi connectivity index (χ4v) is 4.78. The molecule has 0 atom stereocenters. The van der Waals surface area contributed by atoms with Crippen molar-refractivity contribution in [1.29, 1.82) is 0 Å². The maximum atomic E-state index is 13.0. The maximum absolute atomic E-state index is 13.0. The van der Waals surface area contributed by atoms with Crippen molar-refractivity contribution >= 4 is 39.4 Å². The largest absolute Gasteiger partial charge is 0.494 e. The average molecular weight is 481 g/mol. The number of carbonyl (C=O) groups excluding carboxylic acids is 1. The van der Waals surface area contributed by atoms with Gasteiger partial charge in [0.25, 0.3) is 5.91 Å². The molecule has 11 heteroatoms. The summed E-state index contributed by atoms with van der Waals surface area (Å²) in [7, 11) is 3.10. The first-order chi connectivity index (χ1) is 16.6. The molecule has 0 aliphatic carbocycles. The van der Waals surface area contributed by atoms with Gasteiger partial charge < -0.3 is 30.1 Å². The zero-order valence-electron chi connectivity index (χ0n) is 18.7. The summed E-state index contributed by atoms with van der Waals surface area (Å²) in [6, 6.07) is 5.40. The van der Waals surface area contributed by atoms with Gasteiger partial charge in [-0.2, -0.15) is 0 Å². The predicted molar refractivity (Wildman–Crippen MR) is 131 cm³/mol. The average Bonchev–Trinajstić information content (AvgIpc) is 3.49. The number of benzene rings is 1. The molecule has 0 spiro atoms. The Hall–Kier alpha value is -3.83. The fourth-order valence-electron chi connectivity index (χ4n) is 4.00. The second-order valence-electron chi connectivity index (χ2n) is 7.72. The number of nitrogens with one attached hydrogen (secondary N) is 2. The van der Waals surface area contributed by atoms with Crippen LogP contribution in [-0.4, -0.2) is 65.9 Å². The molecule has 0 radical (unpaired) electrons. The number of thiazole rings is 1. The number of hydrogen-bond acceptors (Lipinski definition) is 9. The van der Waals surface area contributed by atoms with Gasteiger partial charge in [0.15, 0.2) is 16.6 Å². The van der Waals surface area contributed by atoms with Crippen molar-refractivity contribution in [3.8, 4) is 22.5 Å². The number of aromatic hydroxyl groups is 1. The topological polar surface area (TPSA) is 114 Å². The van der Waals surface area contributed by atoms with Gasteiger partial charge in [-0.25, -0.2) is 4.98 Å². The van der Waals surface area contributed by atoms with Gasteiger partial charge in [0, 0.05) is 54.7 Å². The highest BCUT2D eigenvalue weighted by atomic mass is 32.1. The van der Waals surface area contributed by atoms with E-state index in [2.05, 4.69) is 25.5 Å². The number of nitrogens with zero attached hydrogens (tertiary/aromatic N) is 4. The molecule has 4 heterocycles. The molecule has 1 aliphatic heterocycles. The fraction of sp³-hybridized carbons (Fsp3) is 0.261. The summed E-state index contributed by atoms with van der Waals surface area (Å²) >= 11 is 1.26. The van der Waals surface area contributed by atoms with E-state index in [4.69, 9.17) is 9.47 Å². The number of amides is 1. The Morgan fingerprint density at radius 1 is 1.21 bits per heavy atom. The Balaban J connectivity index is 1.41. The molecule has 176 valence electrons. The molecule has 1 saturated heterocycles. The Bertz CT molecular complexity index is 1340. The smallest absolute Gasteiger partial charge is 0.275 e. The van der Waals surface area contributed by atoms with Crippen molar-refractivity contribution < 1.29 is 19.4 Å². The summed E-state index contributed by atoms with van der Waals surface area (Å²) in [6.45, 7) is 3.47. The molecule has 0 bridgehead atoms. The Morgan fingerprint density at radius 3 is 2.74 bits per heavy atom. The summed E-state index contributed by atoms with van der Waals surface area (Å²) in [5.74, 6) is 0.735. The minimum absolute atomic E-state index is 0.00511. The van der Waals surface area contributed by atoms with Crippen LogP contribution >= 0.6 is 11.3 Å². The van der Waals surface area contributed by atoms with Crippen molar-refractivity contribution in [3.05, 3.63) is 47.9 Å². The third kappa shape index (κ3) is 3.99. The predicted octanol–water partition coefficient (Wildman–Crippen LogP) is 2.87. The van der Waals surface area contributed by atoms with E-state index in [1.165, 1.54) is 11.3 Å². The van der Waals surface area contributed by atoms with Gasteiger partial charge >= 0.3 is 0 Å². The van der Waals surface area contributed by atoms with Gasteiger partial charge in [-0.3, -0.25) is 14.3 Å². The first kappa shape index (κ1) is 22.0. The van der Waals surface area contributed by atoms with Crippen LogP contribution in [-0.2, 0) is 0 Å². The van der Waals surface area contributed by atoms with Crippen LogP contribution in [0.1, 0.15) is 10.5 Å². The van der Waals surface area contributed by atoms with Crippen LogP contribution in [0.4, 0.5) is 11.4 Å². The molecule has 3 N–H and O–H groups in total. The van der Waals surface area contributed by atoms with Crippen molar-refractivity contribution in [2.75, 3.05) is 50.6 Å². The first-order valence-corrected chi connectivity index (χ1v) is 11.6. The number of ether oxygens (including phenoxy) is 2. The maximum Gasteiger partial charge on any atom is 0.275 e. The number of pyridine rings is 1. The Kier molecular flexibility index (Phi) is 5.95. The van der Waals surface area contributed by atoms with E-state index >= 15 is 0 Å². The van der Waals surface area contributed by atoms with Crippen molar-refractivity contribution in [3.63, 3.8) is 0 Å². The van der Waals surface area contributed by atoms with Crippen LogP contribution in [0.2, 0.25) is 0 Å². The number of methoxy groups -OCH3 is 2. The highest BCUT2D eigenvalue weighted by molar-refractivity contribution is 7.12. The molecule has 1 aromatic carbocycles. The minimum atomic E-state index is -0.341. The molecule has 0 saturated carbocycles. The van der Waals surface area contributed by atoms with Crippen molar-refractivity contribution in [2.45, 2.75) is 0 Å². The van der Waals surface area contributed by atoms with E-state index in [0.717, 1.165) is 37.3 Å². The van der Waals surface area contributed by atoms with Gasteiger partial charge in [-0.1, -0.05) is 0 Å². The van der Waals surface area contributed by atoms with Gasteiger partial charge in [0.2, 0.25) is 5.88 Å². The number of anilines is 2. The van der Waals surface area contributed by atoms with E-state index in [-0.39, 0.29) is 17.5 Å². The molecular formula is C23H24N6O4S. The van der Waals surface area contributed by atoms with Gasteiger partial charge in [0.05, 0.1) is 31.8 Å². The van der Waals surface area contributed by atoms with Crippen LogP contribution in [0.5, 0.6) is 17.4 Å². The molecule has 1 aliphatic rings. The van der Waals surface area contributed by atoms with Crippen LogP contribution in [0, 0.1) is 0 Å². The summed E-state index contributed by atoms with van der Waals surface area (Å²) < 4.78 is 12.2. The third-order valence-corrected chi connectivity index (χ3v) is 6.57. The second-order valence-corrected chi connectivity index (χ2v) is 8.55. The number of fused-ring (bicyclic) bond motifs is 1. The van der Waals surface area contributed by atoms with Crippen LogP contribution in [0.25, 0.3) is 15.9 Å². The number of carbonyl (C=O) groups is 1. The molecule has 1 amide bonds. The lowest BCUT2D eigenvalue weighted by Gasteiger charge is -2.30. The molecule has 1 fully saturated rings. The lowest BCUT2D eigenvalue weighted by atomic mass is 10.2.